The van der Waals surface area contributed by atoms with E-state index in [0.717, 1.165) is 10.6 Å². The number of sulfonamides is 1. The first-order chi connectivity index (χ1) is 11.3. The Bertz CT molecular complexity index is 674. The molecule has 9 heteroatoms. The molecule has 8 nitrogen and oxygen atoms in total. The zero-order valence-corrected chi connectivity index (χ0v) is 14.8. The van der Waals surface area contributed by atoms with E-state index in [-0.39, 0.29) is 37.6 Å². The van der Waals surface area contributed by atoms with Crippen LogP contribution in [0.2, 0.25) is 0 Å². The van der Waals surface area contributed by atoms with Crippen molar-refractivity contribution in [3.05, 3.63) is 29.8 Å². The summed E-state index contributed by atoms with van der Waals surface area (Å²) in [4.78, 5) is 24.0. The minimum absolute atomic E-state index is 0.0578. The lowest BCUT2D eigenvalue weighted by molar-refractivity contribution is -0.116. The number of carbonyl (C=O) groups is 2. The Kier molecular flexibility index (Phi) is 7.83. The predicted molar refractivity (Wildman–Crippen MR) is 89.3 cm³/mol. The third-order valence-corrected chi connectivity index (χ3v) is 4.28. The molecule has 0 saturated heterocycles. The fourth-order valence-corrected chi connectivity index (χ4v) is 2.64. The van der Waals surface area contributed by atoms with E-state index in [2.05, 4.69) is 5.32 Å². The summed E-state index contributed by atoms with van der Waals surface area (Å²) in [5, 5.41) is 2.54. The average Bonchev–Trinajstić information content (AvgIpc) is 2.51. The van der Waals surface area contributed by atoms with Crippen molar-refractivity contribution in [3.8, 4) is 0 Å². The smallest absolute Gasteiger partial charge is 0.340 e. The van der Waals surface area contributed by atoms with Gasteiger partial charge < -0.3 is 14.8 Å². The van der Waals surface area contributed by atoms with Crippen molar-refractivity contribution in [1.82, 2.24) is 4.31 Å². The molecule has 24 heavy (non-hydrogen) atoms. The minimum atomic E-state index is -3.56. The SMILES string of the molecule is CCOC(=O)c1ccccc1NC(=O)CN(CCOC)S(C)(=O)=O. The van der Waals surface area contributed by atoms with Gasteiger partial charge in [-0.05, 0) is 19.1 Å². The monoisotopic (exact) mass is 358 g/mol. The van der Waals surface area contributed by atoms with Gasteiger partial charge in [-0.1, -0.05) is 12.1 Å². The molecule has 1 aromatic rings. The van der Waals surface area contributed by atoms with Crippen LogP contribution in [0.4, 0.5) is 5.69 Å². The van der Waals surface area contributed by atoms with Gasteiger partial charge in [-0.3, -0.25) is 4.79 Å². The first-order valence-corrected chi connectivity index (χ1v) is 9.14. The van der Waals surface area contributed by atoms with Crippen LogP contribution in [0.1, 0.15) is 17.3 Å². The molecule has 1 rings (SSSR count). The Balaban J connectivity index is 2.85. The van der Waals surface area contributed by atoms with Gasteiger partial charge in [-0.15, -0.1) is 0 Å². The Morgan fingerprint density at radius 3 is 2.50 bits per heavy atom. The van der Waals surface area contributed by atoms with Crippen molar-refractivity contribution in [2.45, 2.75) is 6.92 Å². The van der Waals surface area contributed by atoms with Crippen LogP contribution in [-0.4, -0.2) is 64.3 Å². The number of hydrogen-bond donors (Lipinski definition) is 1. The maximum absolute atomic E-state index is 12.2. The largest absolute Gasteiger partial charge is 0.462 e. The molecule has 0 aliphatic carbocycles. The van der Waals surface area contributed by atoms with Crippen LogP contribution in [0.15, 0.2) is 24.3 Å². The first-order valence-electron chi connectivity index (χ1n) is 7.29. The van der Waals surface area contributed by atoms with E-state index in [9.17, 15) is 18.0 Å². The number of nitrogens with one attached hydrogen (secondary N) is 1. The fourth-order valence-electron chi connectivity index (χ4n) is 1.88. The van der Waals surface area contributed by atoms with Crippen LogP contribution >= 0.6 is 0 Å². The molecular formula is C15H22N2O6S. The number of ether oxygens (including phenoxy) is 2. The second kappa shape index (κ2) is 9.36. The number of amides is 1. The molecule has 0 fully saturated rings. The molecule has 0 heterocycles. The summed E-state index contributed by atoms with van der Waals surface area (Å²) >= 11 is 0. The molecule has 0 radical (unpaired) electrons. The number of esters is 1. The number of hydrogen-bond acceptors (Lipinski definition) is 6. The van der Waals surface area contributed by atoms with E-state index in [1.54, 1.807) is 25.1 Å². The van der Waals surface area contributed by atoms with E-state index >= 15 is 0 Å². The normalized spacial score (nSPS) is 11.3. The predicted octanol–water partition coefficient (Wildman–Crippen LogP) is 0.710. The molecule has 0 spiro atoms. The third-order valence-electron chi connectivity index (χ3n) is 3.03. The maximum atomic E-state index is 12.2. The van der Waals surface area contributed by atoms with E-state index in [4.69, 9.17) is 9.47 Å². The highest BCUT2D eigenvalue weighted by Crippen LogP contribution is 2.16. The summed E-state index contributed by atoms with van der Waals surface area (Å²) in [5.74, 6) is -1.12. The van der Waals surface area contributed by atoms with Crippen LogP contribution in [0.3, 0.4) is 0 Å². The molecule has 134 valence electrons. The highest BCUT2D eigenvalue weighted by atomic mass is 32.2. The molecule has 1 N–H and O–H groups in total. The Morgan fingerprint density at radius 2 is 1.92 bits per heavy atom. The van der Waals surface area contributed by atoms with E-state index < -0.39 is 21.9 Å². The number of methoxy groups -OCH3 is 1. The van der Waals surface area contributed by atoms with Crippen LogP contribution in [0, 0.1) is 0 Å². The molecule has 0 saturated carbocycles. The van der Waals surface area contributed by atoms with Gasteiger partial charge in [0.15, 0.2) is 0 Å². The topological polar surface area (TPSA) is 102 Å². The Morgan fingerprint density at radius 1 is 1.25 bits per heavy atom. The lowest BCUT2D eigenvalue weighted by atomic mass is 10.2. The number of carbonyl (C=O) groups excluding carboxylic acids is 2. The van der Waals surface area contributed by atoms with Gasteiger partial charge in [-0.2, -0.15) is 4.31 Å². The average molecular weight is 358 g/mol. The Hall–Kier alpha value is -1.97. The number of rotatable bonds is 9. The number of anilines is 1. The first kappa shape index (κ1) is 20.1. The van der Waals surface area contributed by atoms with Gasteiger partial charge in [0.2, 0.25) is 15.9 Å². The van der Waals surface area contributed by atoms with Crippen LogP contribution in [-0.2, 0) is 24.3 Å². The zero-order valence-electron chi connectivity index (χ0n) is 13.9. The van der Waals surface area contributed by atoms with Crippen molar-refractivity contribution in [2.24, 2.45) is 0 Å². The molecule has 0 aromatic heterocycles. The van der Waals surface area contributed by atoms with E-state index in [1.165, 1.54) is 13.2 Å². The van der Waals surface area contributed by atoms with Gasteiger partial charge in [0.1, 0.15) is 0 Å². The van der Waals surface area contributed by atoms with Crippen LogP contribution in [0.5, 0.6) is 0 Å². The summed E-state index contributed by atoms with van der Waals surface area (Å²) in [6.07, 6.45) is 1.02. The van der Waals surface area contributed by atoms with Crippen LogP contribution in [0.25, 0.3) is 0 Å². The summed E-state index contributed by atoms with van der Waals surface area (Å²) in [6, 6.07) is 6.36. The molecule has 1 aromatic carbocycles. The molecule has 0 unspecified atom stereocenters. The van der Waals surface area contributed by atoms with Gasteiger partial charge >= 0.3 is 5.97 Å². The number of nitrogens with zero attached hydrogens (tertiary/aromatic N) is 1. The standard InChI is InChI=1S/C15H22N2O6S/c1-4-23-15(19)12-7-5-6-8-13(12)16-14(18)11-17(9-10-22-2)24(3,20)21/h5-8H,4,9-11H2,1-3H3,(H,16,18). The number of benzene rings is 1. The van der Waals surface area contributed by atoms with Crippen molar-refractivity contribution in [2.75, 3.05) is 45.0 Å². The van der Waals surface area contributed by atoms with Gasteiger partial charge in [0.05, 0.1) is 37.3 Å². The lowest BCUT2D eigenvalue weighted by Gasteiger charge is -2.19. The minimum Gasteiger partial charge on any atom is -0.462 e. The van der Waals surface area contributed by atoms with Crippen molar-refractivity contribution in [1.29, 1.82) is 0 Å². The lowest BCUT2D eigenvalue weighted by Crippen LogP contribution is -2.39. The molecule has 0 atom stereocenters. The zero-order chi connectivity index (χ0) is 18.2. The molecular weight excluding hydrogens is 336 g/mol. The molecule has 0 bridgehead atoms. The summed E-state index contributed by atoms with van der Waals surface area (Å²) < 4.78 is 34.2. The highest BCUT2D eigenvalue weighted by Gasteiger charge is 2.21. The maximum Gasteiger partial charge on any atom is 0.340 e. The number of para-hydroxylation sites is 1. The molecule has 0 aliphatic rings. The quantitative estimate of drug-likeness (QED) is 0.652. The van der Waals surface area contributed by atoms with Gasteiger partial charge in [-0.25, -0.2) is 13.2 Å². The fraction of sp³-hybridized carbons (Fsp3) is 0.467. The van der Waals surface area contributed by atoms with Crippen molar-refractivity contribution < 1.29 is 27.5 Å². The highest BCUT2D eigenvalue weighted by molar-refractivity contribution is 7.88. The van der Waals surface area contributed by atoms with Crippen molar-refractivity contribution >= 4 is 27.6 Å². The van der Waals surface area contributed by atoms with E-state index in [0.29, 0.717) is 0 Å². The second-order valence-electron chi connectivity index (χ2n) is 4.90. The van der Waals surface area contributed by atoms with Gasteiger partial charge in [0, 0.05) is 13.7 Å². The molecule has 0 aliphatic heterocycles. The van der Waals surface area contributed by atoms with Crippen molar-refractivity contribution in [3.63, 3.8) is 0 Å². The second-order valence-corrected chi connectivity index (χ2v) is 6.89. The third kappa shape index (κ3) is 6.26. The van der Waals surface area contributed by atoms with Crippen LogP contribution < -0.4 is 5.32 Å². The van der Waals surface area contributed by atoms with Gasteiger partial charge in [0.25, 0.3) is 0 Å². The molecule has 1 amide bonds. The summed E-state index contributed by atoms with van der Waals surface area (Å²) in [5.41, 5.74) is 0.469. The summed E-state index contributed by atoms with van der Waals surface area (Å²) in [6.45, 7) is 1.74. The summed E-state index contributed by atoms with van der Waals surface area (Å²) in [7, 11) is -2.12. The van der Waals surface area contributed by atoms with E-state index in [1.807, 2.05) is 0 Å². The Labute approximate surface area is 141 Å².